The van der Waals surface area contributed by atoms with Crippen LogP contribution in [0.3, 0.4) is 0 Å². The second kappa shape index (κ2) is 6.59. The van der Waals surface area contributed by atoms with Gasteiger partial charge < -0.3 is 0 Å². The fraction of sp³-hybridized carbons (Fsp3) is 0.0588. The van der Waals surface area contributed by atoms with E-state index in [9.17, 15) is 0 Å². The molecule has 0 nitrogen and oxygen atoms in total. The lowest BCUT2D eigenvalue weighted by Crippen LogP contribution is -2.04. The highest BCUT2D eigenvalue weighted by molar-refractivity contribution is 6.43. The lowest BCUT2D eigenvalue weighted by Gasteiger charge is -2.26. The van der Waals surface area contributed by atoms with E-state index in [1.54, 1.807) is 0 Å². The Labute approximate surface area is 218 Å². The summed E-state index contributed by atoms with van der Waals surface area (Å²) >= 11 is 13.1. The molecule has 0 saturated carbocycles. The number of hydrogen-bond donors (Lipinski definition) is 0. The summed E-state index contributed by atoms with van der Waals surface area (Å²) in [4.78, 5) is 0. The van der Waals surface area contributed by atoms with Crippen molar-refractivity contribution in [2.45, 2.75) is 12.8 Å². The SMILES string of the molecule is Clc1ccc2c(c1Cl)Cc1ccc3c4ccc5c6c(ccc(c7ccc-2c1c37)c64)Cc1ccccc1-5. The Morgan fingerprint density at radius 3 is 1.67 bits per heavy atom. The number of benzene rings is 7. The molecule has 2 aliphatic rings. The molecule has 0 bridgehead atoms. The van der Waals surface area contributed by atoms with Gasteiger partial charge >= 0.3 is 0 Å². The van der Waals surface area contributed by atoms with Crippen molar-refractivity contribution < 1.29 is 0 Å². The Morgan fingerprint density at radius 2 is 0.972 bits per heavy atom. The zero-order valence-corrected chi connectivity index (χ0v) is 20.8. The minimum absolute atomic E-state index is 0.625. The van der Waals surface area contributed by atoms with Crippen LogP contribution >= 0.6 is 23.2 Å². The average molecular weight is 497 g/mol. The zero-order chi connectivity index (χ0) is 23.7. The van der Waals surface area contributed by atoms with Crippen LogP contribution in [0.15, 0.2) is 84.9 Å². The molecule has 168 valence electrons. The van der Waals surface area contributed by atoms with Gasteiger partial charge in [-0.2, -0.15) is 0 Å². The molecular weight excluding hydrogens is 479 g/mol. The van der Waals surface area contributed by atoms with Crippen molar-refractivity contribution in [2.75, 3.05) is 0 Å². The van der Waals surface area contributed by atoms with E-state index in [0.717, 1.165) is 18.4 Å². The van der Waals surface area contributed by atoms with Gasteiger partial charge in [0.1, 0.15) is 0 Å². The second-order valence-electron chi connectivity index (χ2n) is 10.3. The molecule has 0 spiro atoms. The average Bonchev–Trinajstić information content (AvgIpc) is 2.92. The van der Waals surface area contributed by atoms with Gasteiger partial charge in [-0.15, -0.1) is 0 Å². The summed E-state index contributed by atoms with van der Waals surface area (Å²) in [5.74, 6) is 0. The minimum atomic E-state index is 0.625. The Hall–Kier alpha value is -3.58. The number of halogens is 2. The molecule has 0 atom stereocenters. The molecule has 0 N–H and O–H groups in total. The van der Waals surface area contributed by atoms with Crippen molar-refractivity contribution >= 4 is 66.3 Å². The van der Waals surface area contributed by atoms with E-state index < -0.39 is 0 Å². The van der Waals surface area contributed by atoms with Crippen LogP contribution in [0.5, 0.6) is 0 Å². The fourth-order valence-electron chi connectivity index (χ4n) is 7.13. The molecule has 0 radical (unpaired) electrons. The molecule has 0 heterocycles. The van der Waals surface area contributed by atoms with Gasteiger partial charge in [-0.3, -0.25) is 0 Å². The maximum atomic E-state index is 6.69. The maximum Gasteiger partial charge on any atom is 0.0633 e. The minimum Gasteiger partial charge on any atom is -0.0827 e. The lowest BCUT2D eigenvalue weighted by atomic mass is 9.77. The summed E-state index contributed by atoms with van der Waals surface area (Å²) in [5.41, 5.74) is 10.5. The van der Waals surface area contributed by atoms with Crippen molar-refractivity contribution in [1.29, 1.82) is 0 Å². The first kappa shape index (κ1) is 19.6. The van der Waals surface area contributed by atoms with Crippen LogP contribution in [-0.4, -0.2) is 0 Å². The third kappa shape index (κ3) is 2.24. The quantitative estimate of drug-likeness (QED) is 0.144. The van der Waals surface area contributed by atoms with Gasteiger partial charge in [0.2, 0.25) is 0 Å². The summed E-state index contributed by atoms with van der Waals surface area (Å²) in [6.45, 7) is 0. The molecule has 7 aromatic rings. The molecule has 9 rings (SSSR count). The molecule has 0 amide bonds. The highest BCUT2D eigenvalue weighted by Crippen LogP contribution is 2.51. The van der Waals surface area contributed by atoms with Crippen LogP contribution in [0.1, 0.15) is 22.3 Å². The van der Waals surface area contributed by atoms with Gasteiger partial charge in [0, 0.05) is 6.42 Å². The van der Waals surface area contributed by atoms with Gasteiger partial charge in [0.05, 0.1) is 10.0 Å². The van der Waals surface area contributed by atoms with Crippen molar-refractivity contribution in [1.82, 2.24) is 0 Å². The van der Waals surface area contributed by atoms with E-state index in [1.807, 2.05) is 6.07 Å². The Balaban J connectivity index is 1.48. The molecule has 7 aromatic carbocycles. The molecular formula is C34H18Cl2. The topological polar surface area (TPSA) is 0 Å². The Morgan fingerprint density at radius 1 is 0.417 bits per heavy atom. The van der Waals surface area contributed by atoms with E-state index in [4.69, 9.17) is 23.2 Å². The largest absolute Gasteiger partial charge is 0.0827 e. The summed E-state index contributed by atoms with van der Waals surface area (Å²) in [6.07, 6.45) is 1.79. The van der Waals surface area contributed by atoms with Gasteiger partial charge in [0.25, 0.3) is 0 Å². The smallest absolute Gasteiger partial charge is 0.0633 e. The van der Waals surface area contributed by atoms with Crippen molar-refractivity contribution in [3.8, 4) is 22.3 Å². The van der Waals surface area contributed by atoms with Crippen molar-refractivity contribution in [2.24, 2.45) is 0 Å². The first-order valence-electron chi connectivity index (χ1n) is 12.4. The van der Waals surface area contributed by atoms with Crippen LogP contribution < -0.4 is 0 Å². The van der Waals surface area contributed by atoms with Crippen LogP contribution in [0.25, 0.3) is 65.3 Å². The van der Waals surface area contributed by atoms with Crippen LogP contribution in [0, 0.1) is 0 Å². The molecule has 2 aliphatic carbocycles. The highest BCUT2D eigenvalue weighted by Gasteiger charge is 2.26. The number of fused-ring (bicyclic) bond motifs is 6. The summed E-state index contributed by atoms with van der Waals surface area (Å²) < 4.78 is 0. The first-order chi connectivity index (χ1) is 17.7. The lowest BCUT2D eigenvalue weighted by molar-refractivity contribution is 1.20. The van der Waals surface area contributed by atoms with E-state index >= 15 is 0 Å². The van der Waals surface area contributed by atoms with E-state index in [-0.39, 0.29) is 0 Å². The zero-order valence-electron chi connectivity index (χ0n) is 19.3. The van der Waals surface area contributed by atoms with Crippen molar-refractivity contribution in [3.05, 3.63) is 117 Å². The van der Waals surface area contributed by atoms with Gasteiger partial charge in [0.15, 0.2) is 0 Å². The summed E-state index contributed by atoms with van der Waals surface area (Å²) in [5, 5.41) is 12.2. The number of hydrogen-bond acceptors (Lipinski definition) is 0. The molecule has 0 fully saturated rings. The summed E-state index contributed by atoms with van der Waals surface area (Å²) in [6, 6.07) is 31.6. The third-order valence-electron chi connectivity index (χ3n) is 8.62. The Kier molecular flexibility index (Phi) is 3.59. The second-order valence-corrected chi connectivity index (χ2v) is 11.0. The molecule has 0 unspecified atom stereocenters. The van der Waals surface area contributed by atoms with Crippen LogP contribution in [0.2, 0.25) is 10.0 Å². The predicted molar refractivity (Wildman–Crippen MR) is 154 cm³/mol. The highest BCUT2D eigenvalue weighted by atomic mass is 35.5. The van der Waals surface area contributed by atoms with E-state index in [2.05, 4.69) is 78.9 Å². The van der Waals surface area contributed by atoms with E-state index in [1.165, 1.54) is 82.0 Å². The van der Waals surface area contributed by atoms with E-state index in [0.29, 0.717) is 10.0 Å². The molecule has 0 aromatic heterocycles. The maximum absolute atomic E-state index is 6.69. The molecule has 0 aliphatic heterocycles. The first-order valence-corrected chi connectivity index (χ1v) is 13.2. The standard InChI is InChI=1S/C34H18Cl2/c35-29-14-13-21-23-10-12-27-24-7-5-18-15-17-3-1-2-4-20(17)22-9-11-26(32(24)30(18)22)25-8-6-19(31(23)33(25)27)16-28(21)34(29)36/h1-14H,15-16H2. The normalized spacial score (nSPS) is 13.6. The number of rotatable bonds is 0. The summed E-state index contributed by atoms with van der Waals surface area (Å²) in [7, 11) is 0. The molecule has 2 heteroatoms. The fourth-order valence-corrected chi connectivity index (χ4v) is 7.53. The van der Waals surface area contributed by atoms with Gasteiger partial charge in [-0.1, -0.05) is 102 Å². The van der Waals surface area contributed by atoms with Crippen LogP contribution in [0.4, 0.5) is 0 Å². The molecule has 0 saturated heterocycles. The Bertz CT molecular complexity index is 2100. The van der Waals surface area contributed by atoms with Crippen molar-refractivity contribution in [3.63, 3.8) is 0 Å². The van der Waals surface area contributed by atoms with Crippen LogP contribution in [-0.2, 0) is 12.8 Å². The monoisotopic (exact) mass is 496 g/mol. The molecule has 36 heavy (non-hydrogen) atoms. The third-order valence-corrected chi connectivity index (χ3v) is 9.46. The van der Waals surface area contributed by atoms with Gasteiger partial charge in [-0.25, -0.2) is 0 Å². The predicted octanol–water partition coefficient (Wildman–Crippen LogP) is 10.2. The van der Waals surface area contributed by atoms with Gasteiger partial charge in [-0.05, 0) is 100 Å².